The highest BCUT2D eigenvalue weighted by Gasteiger charge is 1.96. The Morgan fingerprint density at radius 2 is 2.17 bits per heavy atom. The Balaban J connectivity index is 0.00000121. The van der Waals surface area contributed by atoms with Gasteiger partial charge in [-0.2, -0.15) is 0 Å². The maximum atomic E-state index is 4.22. The molecule has 0 aromatic carbocycles. The minimum Gasteiger partial charge on any atom is -0.360 e. The van der Waals surface area contributed by atoms with E-state index in [2.05, 4.69) is 23.9 Å². The van der Waals surface area contributed by atoms with E-state index in [4.69, 9.17) is 0 Å². The fraction of sp³-hybridized carbons (Fsp3) is 0.444. The van der Waals surface area contributed by atoms with Crippen LogP contribution in [0.5, 0.6) is 0 Å². The first-order valence-electron chi connectivity index (χ1n) is 3.96. The molecule has 0 aliphatic carbocycles. The number of pyridine rings is 1. The molecule has 0 unspecified atom stereocenters. The van der Waals surface area contributed by atoms with Crippen LogP contribution in [-0.4, -0.2) is 18.6 Å². The van der Waals surface area contributed by atoms with E-state index in [0.29, 0.717) is 0 Å². The largest absolute Gasteiger partial charge is 0.360 e. The molecule has 0 aliphatic rings. The van der Waals surface area contributed by atoms with Crippen LogP contribution >= 0.6 is 12.4 Å². The van der Waals surface area contributed by atoms with Gasteiger partial charge in [-0.15, -0.1) is 12.4 Å². The zero-order chi connectivity index (χ0) is 8.10. The van der Waals surface area contributed by atoms with E-state index < -0.39 is 0 Å². The molecule has 0 saturated carbocycles. The van der Waals surface area contributed by atoms with Gasteiger partial charge in [-0.1, -0.05) is 13.0 Å². The fourth-order valence-corrected chi connectivity index (χ4v) is 1.03. The summed E-state index contributed by atoms with van der Waals surface area (Å²) in [4.78, 5) is 6.38. The molecule has 0 aliphatic heterocycles. The normalized spacial score (nSPS) is 8.83. The van der Waals surface area contributed by atoms with Gasteiger partial charge in [0.1, 0.15) is 5.82 Å². The number of hydrogen-bond acceptors (Lipinski definition) is 2. The van der Waals surface area contributed by atoms with E-state index in [0.717, 1.165) is 18.8 Å². The molecule has 0 saturated heterocycles. The Morgan fingerprint density at radius 1 is 1.42 bits per heavy atom. The van der Waals surface area contributed by atoms with Crippen LogP contribution in [0, 0.1) is 0 Å². The van der Waals surface area contributed by atoms with Crippen LogP contribution in [0.3, 0.4) is 0 Å². The maximum Gasteiger partial charge on any atom is 0.128 e. The average Bonchev–Trinajstić information content (AvgIpc) is 2.07. The van der Waals surface area contributed by atoms with E-state index in [1.807, 2.05) is 24.4 Å². The SMILES string of the molecule is CCCN(C)c1ccccn1.Cl. The molecule has 0 atom stereocenters. The Bertz CT molecular complexity index is 201. The van der Waals surface area contributed by atoms with Gasteiger partial charge in [-0.25, -0.2) is 4.98 Å². The second kappa shape index (κ2) is 5.84. The van der Waals surface area contributed by atoms with Crippen LogP contribution in [0.4, 0.5) is 5.82 Å². The van der Waals surface area contributed by atoms with Crippen molar-refractivity contribution < 1.29 is 0 Å². The van der Waals surface area contributed by atoms with Crippen molar-refractivity contribution in [3.63, 3.8) is 0 Å². The maximum absolute atomic E-state index is 4.22. The summed E-state index contributed by atoms with van der Waals surface area (Å²) < 4.78 is 0. The molecule has 0 N–H and O–H groups in total. The van der Waals surface area contributed by atoms with E-state index >= 15 is 0 Å². The molecule has 0 fully saturated rings. The van der Waals surface area contributed by atoms with Gasteiger partial charge in [0.15, 0.2) is 0 Å². The molecule has 12 heavy (non-hydrogen) atoms. The predicted octanol–water partition coefficient (Wildman–Crippen LogP) is 2.35. The van der Waals surface area contributed by atoms with E-state index in [-0.39, 0.29) is 12.4 Å². The standard InChI is InChI=1S/C9H14N2.ClH/c1-3-8-11(2)9-6-4-5-7-10-9;/h4-7H,3,8H2,1-2H3;1H. The van der Waals surface area contributed by atoms with E-state index in [9.17, 15) is 0 Å². The summed E-state index contributed by atoms with van der Waals surface area (Å²) in [6.07, 6.45) is 2.98. The van der Waals surface area contributed by atoms with E-state index in [1.54, 1.807) is 0 Å². The quantitative estimate of drug-likeness (QED) is 0.721. The Morgan fingerprint density at radius 3 is 2.67 bits per heavy atom. The molecule has 2 nitrogen and oxygen atoms in total. The van der Waals surface area contributed by atoms with Crippen molar-refractivity contribution in [1.82, 2.24) is 4.98 Å². The number of anilines is 1. The summed E-state index contributed by atoms with van der Waals surface area (Å²) in [5.41, 5.74) is 0. The lowest BCUT2D eigenvalue weighted by atomic mass is 10.4. The van der Waals surface area contributed by atoms with Gasteiger partial charge in [0.05, 0.1) is 0 Å². The summed E-state index contributed by atoms with van der Waals surface area (Å²) in [5.74, 6) is 1.05. The zero-order valence-corrected chi connectivity index (χ0v) is 8.34. The van der Waals surface area contributed by atoms with Crippen LogP contribution in [0.1, 0.15) is 13.3 Å². The van der Waals surface area contributed by atoms with Crippen LogP contribution in [0.15, 0.2) is 24.4 Å². The number of aromatic nitrogens is 1. The highest BCUT2D eigenvalue weighted by atomic mass is 35.5. The third-order valence-corrected chi connectivity index (χ3v) is 1.60. The molecule has 0 spiro atoms. The van der Waals surface area contributed by atoms with Crippen molar-refractivity contribution in [2.75, 3.05) is 18.5 Å². The van der Waals surface area contributed by atoms with Crippen molar-refractivity contribution in [2.45, 2.75) is 13.3 Å². The number of nitrogens with zero attached hydrogens (tertiary/aromatic N) is 2. The summed E-state index contributed by atoms with van der Waals surface area (Å²) in [7, 11) is 2.06. The Labute approximate surface area is 80.0 Å². The minimum atomic E-state index is 0. The highest BCUT2D eigenvalue weighted by molar-refractivity contribution is 5.85. The summed E-state index contributed by atoms with van der Waals surface area (Å²) in [6, 6.07) is 5.97. The number of halogens is 1. The Kier molecular flexibility index (Phi) is 5.47. The molecule has 1 rings (SSSR count). The van der Waals surface area contributed by atoms with Crippen LogP contribution < -0.4 is 4.90 Å². The van der Waals surface area contributed by atoms with Gasteiger partial charge in [0.2, 0.25) is 0 Å². The molecule has 68 valence electrons. The van der Waals surface area contributed by atoms with Crippen molar-refractivity contribution in [1.29, 1.82) is 0 Å². The zero-order valence-electron chi connectivity index (χ0n) is 7.53. The van der Waals surface area contributed by atoms with Crippen LogP contribution in [0.2, 0.25) is 0 Å². The van der Waals surface area contributed by atoms with Gasteiger partial charge in [0, 0.05) is 19.8 Å². The van der Waals surface area contributed by atoms with Crippen molar-refractivity contribution in [3.05, 3.63) is 24.4 Å². The number of rotatable bonds is 3. The summed E-state index contributed by atoms with van der Waals surface area (Å²) in [6.45, 7) is 3.23. The molecule has 1 aromatic heterocycles. The molecular weight excluding hydrogens is 172 g/mol. The smallest absolute Gasteiger partial charge is 0.128 e. The minimum absolute atomic E-state index is 0. The first-order valence-corrected chi connectivity index (χ1v) is 3.96. The molecule has 1 aromatic rings. The molecule has 3 heteroatoms. The second-order valence-corrected chi connectivity index (χ2v) is 2.61. The fourth-order valence-electron chi connectivity index (χ4n) is 1.03. The van der Waals surface area contributed by atoms with Crippen molar-refractivity contribution in [2.24, 2.45) is 0 Å². The topological polar surface area (TPSA) is 16.1 Å². The lowest BCUT2D eigenvalue weighted by Gasteiger charge is -2.15. The van der Waals surface area contributed by atoms with E-state index in [1.165, 1.54) is 0 Å². The van der Waals surface area contributed by atoms with Crippen molar-refractivity contribution in [3.8, 4) is 0 Å². The van der Waals surface area contributed by atoms with Gasteiger partial charge in [-0.3, -0.25) is 0 Å². The number of hydrogen-bond donors (Lipinski definition) is 0. The summed E-state index contributed by atoms with van der Waals surface area (Å²) in [5, 5.41) is 0. The van der Waals surface area contributed by atoms with Gasteiger partial charge in [0.25, 0.3) is 0 Å². The third-order valence-electron chi connectivity index (χ3n) is 1.60. The lowest BCUT2D eigenvalue weighted by Crippen LogP contribution is -2.18. The Hall–Kier alpha value is -0.760. The van der Waals surface area contributed by atoms with Crippen molar-refractivity contribution >= 4 is 18.2 Å². The molecule has 0 amide bonds. The highest BCUT2D eigenvalue weighted by Crippen LogP contribution is 2.05. The molecule has 1 heterocycles. The van der Waals surface area contributed by atoms with Crippen LogP contribution in [0.25, 0.3) is 0 Å². The monoisotopic (exact) mass is 186 g/mol. The summed E-state index contributed by atoms with van der Waals surface area (Å²) >= 11 is 0. The molecule has 0 radical (unpaired) electrons. The first-order chi connectivity index (χ1) is 5.34. The first kappa shape index (κ1) is 11.2. The molecular formula is C9H15ClN2. The predicted molar refractivity (Wildman–Crippen MR) is 55.0 cm³/mol. The van der Waals surface area contributed by atoms with Crippen LogP contribution in [-0.2, 0) is 0 Å². The van der Waals surface area contributed by atoms with Gasteiger partial charge >= 0.3 is 0 Å². The molecule has 0 bridgehead atoms. The van der Waals surface area contributed by atoms with Gasteiger partial charge in [-0.05, 0) is 18.6 Å². The third kappa shape index (κ3) is 3.09. The van der Waals surface area contributed by atoms with Gasteiger partial charge < -0.3 is 4.90 Å². The lowest BCUT2D eigenvalue weighted by molar-refractivity contribution is 0.838. The second-order valence-electron chi connectivity index (χ2n) is 2.61. The average molecular weight is 187 g/mol.